The molecule has 0 bridgehead atoms. The van der Waals surface area contributed by atoms with Crippen molar-refractivity contribution in [2.75, 3.05) is 13.2 Å². The van der Waals surface area contributed by atoms with Crippen LogP contribution in [0.4, 0.5) is 0 Å². The number of aliphatic hydroxyl groups is 1. The highest BCUT2D eigenvalue weighted by Gasteiger charge is 2.39. The van der Waals surface area contributed by atoms with Gasteiger partial charge >= 0.3 is 5.97 Å². The summed E-state index contributed by atoms with van der Waals surface area (Å²) in [6, 6.07) is 0.350. The van der Waals surface area contributed by atoms with Gasteiger partial charge in [0.05, 0.1) is 0 Å². The molecule has 0 aromatic rings. The molecule has 0 aliphatic carbocycles. The summed E-state index contributed by atoms with van der Waals surface area (Å²) in [6.07, 6.45) is 7.52. The summed E-state index contributed by atoms with van der Waals surface area (Å²) in [6.45, 7) is 8.92. The van der Waals surface area contributed by atoms with Crippen LogP contribution in [0.15, 0.2) is 0 Å². The Morgan fingerprint density at radius 1 is 1.24 bits per heavy atom. The molecule has 1 fully saturated rings. The zero-order valence-corrected chi connectivity index (χ0v) is 14.2. The molecule has 21 heavy (non-hydrogen) atoms. The number of aliphatic hydroxyl groups excluding tert-OH is 1. The van der Waals surface area contributed by atoms with E-state index in [0.29, 0.717) is 6.04 Å². The third-order valence-electron chi connectivity index (χ3n) is 4.04. The van der Waals surface area contributed by atoms with Crippen LogP contribution in [0.3, 0.4) is 0 Å². The fourth-order valence-electron chi connectivity index (χ4n) is 3.09. The normalized spacial score (nSPS) is 23.5. The van der Waals surface area contributed by atoms with Gasteiger partial charge in [0.2, 0.25) is 0 Å². The van der Waals surface area contributed by atoms with Gasteiger partial charge in [-0.25, -0.2) is 0 Å². The molecule has 1 heterocycles. The molecule has 0 aromatic heterocycles. The summed E-state index contributed by atoms with van der Waals surface area (Å²) in [4.78, 5) is 14.7. The van der Waals surface area contributed by atoms with Crippen LogP contribution in [0.2, 0.25) is 0 Å². The topological polar surface area (TPSA) is 49.8 Å². The average Bonchev–Trinajstić information content (AvgIpc) is 2.78. The Morgan fingerprint density at radius 2 is 1.95 bits per heavy atom. The van der Waals surface area contributed by atoms with Gasteiger partial charge in [0, 0.05) is 19.2 Å². The Morgan fingerprint density at radius 3 is 2.52 bits per heavy atom. The number of esters is 1. The molecule has 1 aliphatic rings. The second-order valence-corrected chi connectivity index (χ2v) is 7.09. The number of hydrogen-bond donors (Lipinski definition) is 1. The van der Waals surface area contributed by atoms with Crippen molar-refractivity contribution < 1.29 is 14.6 Å². The van der Waals surface area contributed by atoms with E-state index in [0.717, 1.165) is 32.2 Å². The summed E-state index contributed by atoms with van der Waals surface area (Å²) in [5.74, 6) is -0.0987. The molecule has 1 N–H and O–H groups in total. The quantitative estimate of drug-likeness (QED) is 0.552. The molecule has 0 radical (unpaired) electrons. The lowest BCUT2D eigenvalue weighted by molar-refractivity contribution is -0.160. The Kier molecular flexibility index (Phi) is 7.67. The lowest BCUT2D eigenvalue weighted by Gasteiger charge is -2.31. The fourth-order valence-corrected chi connectivity index (χ4v) is 3.09. The van der Waals surface area contributed by atoms with Crippen LogP contribution in [0, 0.1) is 0 Å². The van der Waals surface area contributed by atoms with E-state index < -0.39 is 5.60 Å². The number of hydrogen-bond acceptors (Lipinski definition) is 4. The molecule has 1 rings (SSSR count). The van der Waals surface area contributed by atoms with Crippen LogP contribution >= 0.6 is 0 Å². The van der Waals surface area contributed by atoms with Crippen LogP contribution < -0.4 is 0 Å². The van der Waals surface area contributed by atoms with Gasteiger partial charge in [-0.3, -0.25) is 9.69 Å². The number of carbonyl (C=O) groups excluding carboxylic acids is 1. The Hall–Kier alpha value is -0.610. The lowest BCUT2D eigenvalue weighted by atomic mass is 10.1. The van der Waals surface area contributed by atoms with Crippen LogP contribution in [-0.4, -0.2) is 46.8 Å². The van der Waals surface area contributed by atoms with E-state index in [1.165, 1.54) is 19.3 Å². The second kappa shape index (κ2) is 8.74. The zero-order chi connectivity index (χ0) is 15.9. The SMILES string of the molecule is CCCCCC1CCC(C(=O)OC(C)(C)C)N1CCCO. The largest absolute Gasteiger partial charge is 0.459 e. The number of likely N-dealkylation sites (tertiary alicyclic amines) is 1. The van der Waals surface area contributed by atoms with Crippen molar-refractivity contribution in [1.29, 1.82) is 0 Å². The second-order valence-electron chi connectivity index (χ2n) is 7.09. The maximum atomic E-state index is 12.4. The summed E-state index contributed by atoms with van der Waals surface area (Å²) >= 11 is 0. The first-order chi connectivity index (χ1) is 9.89. The van der Waals surface area contributed by atoms with Gasteiger partial charge in [-0.05, 0) is 46.5 Å². The highest BCUT2D eigenvalue weighted by atomic mass is 16.6. The van der Waals surface area contributed by atoms with Crippen molar-refractivity contribution in [3.8, 4) is 0 Å². The van der Waals surface area contributed by atoms with E-state index in [-0.39, 0.29) is 18.6 Å². The van der Waals surface area contributed by atoms with Gasteiger partial charge in [-0.2, -0.15) is 0 Å². The number of ether oxygens (including phenoxy) is 1. The van der Waals surface area contributed by atoms with E-state index in [1.54, 1.807) is 0 Å². The van der Waals surface area contributed by atoms with Gasteiger partial charge in [-0.1, -0.05) is 26.2 Å². The monoisotopic (exact) mass is 299 g/mol. The first-order valence-electron chi connectivity index (χ1n) is 8.48. The summed E-state index contributed by atoms with van der Waals surface area (Å²) in [5.41, 5.74) is -0.431. The fraction of sp³-hybridized carbons (Fsp3) is 0.941. The number of rotatable bonds is 8. The Balaban J connectivity index is 2.62. The van der Waals surface area contributed by atoms with E-state index in [1.807, 2.05) is 20.8 Å². The van der Waals surface area contributed by atoms with Gasteiger partial charge in [0.1, 0.15) is 11.6 Å². The van der Waals surface area contributed by atoms with Crippen molar-refractivity contribution in [3.05, 3.63) is 0 Å². The van der Waals surface area contributed by atoms with Crippen LogP contribution in [0.5, 0.6) is 0 Å². The van der Waals surface area contributed by atoms with Gasteiger partial charge in [-0.15, -0.1) is 0 Å². The molecule has 0 aromatic carbocycles. The standard InChI is InChI=1S/C17H33NO3/c1-5-6-7-9-14-10-11-15(18(14)12-8-13-19)16(20)21-17(2,3)4/h14-15,19H,5-13H2,1-4H3. The molecule has 1 saturated heterocycles. The molecule has 2 atom stereocenters. The highest BCUT2D eigenvalue weighted by Crippen LogP contribution is 2.29. The van der Waals surface area contributed by atoms with Gasteiger partial charge in [0.15, 0.2) is 0 Å². The number of carbonyl (C=O) groups is 1. The minimum absolute atomic E-state index is 0.0987. The number of unbranched alkanes of at least 4 members (excludes halogenated alkanes) is 2. The maximum absolute atomic E-state index is 12.4. The molecule has 0 amide bonds. The van der Waals surface area contributed by atoms with Crippen molar-refractivity contribution in [2.24, 2.45) is 0 Å². The van der Waals surface area contributed by atoms with Crippen molar-refractivity contribution in [3.63, 3.8) is 0 Å². The molecule has 4 nitrogen and oxygen atoms in total. The number of nitrogens with zero attached hydrogens (tertiary/aromatic N) is 1. The third kappa shape index (κ3) is 6.35. The van der Waals surface area contributed by atoms with E-state index in [4.69, 9.17) is 9.84 Å². The Bertz CT molecular complexity index is 312. The average molecular weight is 299 g/mol. The molecule has 0 spiro atoms. The maximum Gasteiger partial charge on any atom is 0.323 e. The summed E-state index contributed by atoms with van der Waals surface area (Å²) in [7, 11) is 0. The van der Waals surface area contributed by atoms with Crippen molar-refractivity contribution in [2.45, 2.75) is 90.3 Å². The predicted molar refractivity (Wildman–Crippen MR) is 85.2 cm³/mol. The molecule has 124 valence electrons. The molecule has 0 saturated carbocycles. The highest BCUT2D eigenvalue weighted by molar-refractivity contribution is 5.76. The van der Waals surface area contributed by atoms with Crippen LogP contribution in [0.1, 0.15) is 72.6 Å². The first-order valence-corrected chi connectivity index (χ1v) is 8.48. The van der Waals surface area contributed by atoms with E-state index >= 15 is 0 Å². The Labute approximate surface area is 129 Å². The molecular formula is C17H33NO3. The van der Waals surface area contributed by atoms with E-state index in [2.05, 4.69) is 11.8 Å². The molecule has 2 unspecified atom stereocenters. The molecular weight excluding hydrogens is 266 g/mol. The molecule has 1 aliphatic heterocycles. The third-order valence-corrected chi connectivity index (χ3v) is 4.04. The van der Waals surface area contributed by atoms with Gasteiger partial charge < -0.3 is 9.84 Å². The first kappa shape index (κ1) is 18.4. The minimum atomic E-state index is -0.431. The summed E-state index contributed by atoms with van der Waals surface area (Å²) < 4.78 is 5.56. The lowest BCUT2D eigenvalue weighted by Crippen LogP contribution is -2.44. The van der Waals surface area contributed by atoms with E-state index in [9.17, 15) is 4.79 Å². The molecule has 4 heteroatoms. The minimum Gasteiger partial charge on any atom is -0.459 e. The van der Waals surface area contributed by atoms with Crippen molar-refractivity contribution in [1.82, 2.24) is 4.90 Å². The smallest absolute Gasteiger partial charge is 0.323 e. The van der Waals surface area contributed by atoms with Crippen LogP contribution in [-0.2, 0) is 9.53 Å². The van der Waals surface area contributed by atoms with Crippen molar-refractivity contribution >= 4 is 5.97 Å². The van der Waals surface area contributed by atoms with Gasteiger partial charge in [0.25, 0.3) is 0 Å². The van der Waals surface area contributed by atoms with Crippen LogP contribution in [0.25, 0.3) is 0 Å². The zero-order valence-electron chi connectivity index (χ0n) is 14.2. The summed E-state index contributed by atoms with van der Waals surface area (Å²) in [5, 5.41) is 9.10. The predicted octanol–water partition coefficient (Wildman–Crippen LogP) is 3.12.